The molecule has 1 heterocycles. The molecule has 2 N–H and O–H groups in total. The molecule has 3 aromatic rings. The lowest BCUT2D eigenvalue weighted by Crippen LogP contribution is -2.10. The van der Waals surface area contributed by atoms with Crippen LogP contribution in [0.3, 0.4) is 0 Å². The van der Waals surface area contributed by atoms with Crippen LogP contribution in [0.1, 0.15) is 11.4 Å². The Labute approximate surface area is 150 Å². The van der Waals surface area contributed by atoms with Crippen molar-refractivity contribution >= 4 is 49.5 Å². The minimum absolute atomic E-state index is 0.00279. The fraction of sp³-hybridized carbons (Fsp3) is 0.0588. The summed E-state index contributed by atoms with van der Waals surface area (Å²) < 4.78 is 5.57. The van der Waals surface area contributed by atoms with Gasteiger partial charge in [-0.2, -0.15) is 0 Å². The molecule has 0 saturated carbocycles. The molecule has 5 nitrogen and oxygen atoms in total. The third-order valence-electron chi connectivity index (χ3n) is 3.40. The summed E-state index contributed by atoms with van der Waals surface area (Å²) in [4.78, 5) is 19.1. The van der Waals surface area contributed by atoms with E-state index in [4.69, 9.17) is 16.3 Å². The van der Waals surface area contributed by atoms with E-state index in [1.165, 1.54) is 7.11 Å². The van der Waals surface area contributed by atoms with Crippen molar-refractivity contribution in [2.75, 3.05) is 7.11 Å². The number of H-pyrrole nitrogens is 1. The summed E-state index contributed by atoms with van der Waals surface area (Å²) >= 11 is 9.56. The highest BCUT2D eigenvalue weighted by Gasteiger charge is 2.10. The molecule has 3 rings (SSSR count). The van der Waals surface area contributed by atoms with Crippen molar-refractivity contribution in [1.29, 1.82) is 0 Å². The maximum atomic E-state index is 12.1. The van der Waals surface area contributed by atoms with Crippen LogP contribution in [0.25, 0.3) is 22.0 Å². The predicted octanol–water partition coefficient (Wildman–Crippen LogP) is 4.14. The zero-order valence-corrected chi connectivity index (χ0v) is 14.9. The minimum atomic E-state index is -0.258. The number of ether oxygens (including phenoxy) is 1. The number of hydrogen-bond donors (Lipinski definition) is 2. The molecule has 122 valence electrons. The Kier molecular flexibility index (Phi) is 4.59. The molecule has 0 saturated heterocycles. The monoisotopic (exact) mass is 406 g/mol. The molecular formula is C17H12BrClN2O3. The van der Waals surface area contributed by atoms with Gasteiger partial charge in [0.15, 0.2) is 17.3 Å². The van der Waals surface area contributed by atoms with E-state index in [2.05, 4.69) is 25.9 Å². The molecule has 0 aliphatic rings. The minimum Gasteiger partial charge on any atom is -0.503 e. The normalized spacial score (nSPS) is 11.7. The van der Waals surface area contributed by atoms with Gasteiger partial charge in [-0.1, -0.05) is 23.7 Å². The third kappa shape index (κ3) is 3.16. The second-order valence-corrected chi connectivity index (χ2v) is 6.24. The van der Waals surface area contributed by atoms with Crippen LogP contribution in [-0.2, 0) is 0 Å². The van der Waals surface area contributed by atoms with Gasteiger partial charge in [0.1, 0.15) is 0 Å². The van der Waals surface area contributed by atoms with Gasteiger partial charge in [0.25, 0.3) is 5.56 Å². The molecule has 0 unspecified atom stereocenters. The highest BCUT2D eigenvalue weighted by molar-refractivity contribution is 9.10. The molecular weight excluding hydrogens is 396 g/mol. The maximum absolute atomic E-state index is 12.1. The number of para-hydroxylation sites is 1. The molecule has 2 aromatic carbocycles. The first kappa shape index (κ1) is 16.5. The highest BCUT2D eigenvalue weighted by atomic mass is 79.9. The van der Waals surface area contributed by atoms with E-state index in [0.29, 0.717) is 26.7 Å². The predicted molar refractivity (Wildman–Crippen MR) is 98.4 cm³/mol. The third-order valence-corrected chi connectivity index (χ3v) is 4.30. The number of aromatic nitrogens is 2. The van der Waals surface area contributed by atoms with Gasteiger partial charge in [-0.15, -0.1) is 0 Å². The number of aromatic amines is 1. The first-order valence-electron chi connectivity index (χ1n) is 6.92. The number of fused-ring (bicyclic) bond motifs is 1. The Hall–Kier alpha value is -2.31. The van der Waals surface area contributed by atoms with Crippen molar-refractivity contribution in [1.82, 2.24) is 9.97 Å². The van der Waals surface area contributed by atoms with Crippen LogP contribution < -0.4 is 10.3 Å². The van der Waals surface area contributed by atoms with Crippen LogP contribution in [0.2, 0.25) is 0 Å². The second-order valence-electron chi connectivity index (χ2n) is 4.98. The highest BCUT2D eigenvalue weighted by Crippen LogP contribution is 2.36. The lowest BCUT2D eigenvalue weighted by atomic mass is 10.2. The standard InChI is InChI=1S/C17H12BrClN2O3/c1-24-14-8-9(6-11(18)15(14)22)7-12(19)16-20-13-5-3-2-4-10(13)17(23)21-16/h2-8,22H,1H3,(H,20,21,23)/b12-7-. The number of nitrogens with zero attached hydrogens (tertiary/aromatic N) is 1. The summed E-state index contributed by atoms with van der Waals surface area (Å²) in [5, 5.41) is 10.6. The van der Waals surface area contributed by atoms with Crippen LogP contribution in [0.5, 0.6) is 11.5 Å². The number of halogens is 2. The van der Waals surface area contributed by atoms with E-state index in [9.17, 15) is 9.90 Å². The van der Waals surface area contributed by atoms with Gasteiger partial charge in [0, 0.05) is 0 Å². The van der Waals surface area contributed by atoms with Gasteiger partial charge in [0.2, 0.25) is 0 Å². The maximum Gasteiger partial charge on any atom is 0.259 e. The fourth-order valence-electron chi connectivity index (χ4n) is 2.25. The van der Waals surface area contributed by atoms with Crippen molar-refractivity contribution in [3.8, 4) is 11.5 Å². The molecule has 0 aliphatic carbocycles. The first-order valence-corrected chi connectivity index (χ1v) is 8.10. The van der Waals surface area contributed by atoms with Crippen LogP contribution in [-0.4, -0.2) is 22.2 Å². The number of phenols is 1. The van der Waals surface area contributed by atoms with Crippen molar-refractivity contribution in [2.45, 2.75) is 0 Å². The number of rotatable bonds is 3. The second kappa shape index (κ2) is 6.67. The van der Waals surface area contributed by atoms with Crippen molar-refractivity contribution in [3.05, 3.63) is 62.6 Å². The number of phenolic OH excluding ortho intramolecular Hbond substituents is 1. The van der Waals surface area contributed by atoms with Crippen LogP contribution in [0, 0.1) is 0 Å². The average Bonchev–Trinajstić information content (AvgIpc) is 2.57. The number of benzene rings is 2. The summed E-state index contributed by atoms with van der Waals surface area (Å²) in [6, 6.07) is 10.3. The molecule has 1 aromatic heterocycles. The van der Waals surface area contributed by atoms with E-state index < -0.39 is 0 Å². The fourth-order valence-corrected chi connectivity index (χ4v) is 2.92. The average molecular weight is 408 g/mol. The van der Waals surface area contributed by atoms with Crippen LogP contribution in [0.15, 0.2) is 45.7 Å². The lowest BCUT2D eigenvalue weighted by molar-refractivity contribution is 0.372. The largest absolute Gasteiger partial charge is 0.503 e. The Morgan fingerprint density at radius 2 is 2.12 bits per heavy atom. The van der Waals surface area contributed by atoms with Gasteiger partial charge >= 0.3 is 0 Å². The molecule has 0 atom stereocenters. The lowest BCUT2D eigenvalue weighted by Gasteiger charge is -2.07. The van der Waals surface area contributed by atoms with Gasteiger partial charge in [-0.3, -0.25) is 4.79 Å². The van der Waals surface area contributed by atoms with Crippen LogP contribution >= 0.6 is 27.5 Å². The molecule has 0 bridgehead atoms. The van der Waals surface area contributed by atoms with Crippen molar-refractivity contribution in [2.24, 2.45) is 0 Å². The first-order chi connectivity index (χ1) is 11.5. The van der Waals surface area contributed by atoms with E-state index >= 15 is 0 Å². The zero-order chi connectivity index (χ0) is 17.3. The van der Waals surface area contributed by atoms with E-state index in [1.54, 1.807) is 42.5 Å². The van der Waals surface area contributed by atoms with Gasteiger partial charge in [-0.05, 0) is 51.8 Å². The molecule has 0 fully saturated rings. The topological polar surface area (TPSA) is 75.2 Å². The summed E-state index contributed by atoms with van der Waals surface area (Å²) in [5.74, 6) is 0.576. The summed E-state index contributed by atoms with van der Waals surface area (Å²) in [6.45, 7) is 0. The van der Waals surface area contributed by atoms with Crippen LogP contribution in [0.4, 0.5) is 0 Å². The van der Waals surface area contributed by atoms with Gasteiger partial charge in [0.05, 0.1) is 27.5 Å². The van der Waals surface area contributed by atoms with E-state index in [0.717, 1.165) is 0 Å². The number of aromatic hydroxyl groups is 1. The number of hydrogen-bond acceptors (Lipinski definition) is 4. The van der Waals surface area contributed by atoms with Gasteiger partial charge < -0.3 is 14.8 Å². The molecule has 7 heteroatoms. The van der Waals surface area contributed by atoms with Crippen molar-refractivity contribution < 1.29 is 9.84 Å². The Morgan fingerprint density at radius 3 is 2.88 bits per heavy atom. The summed E-state index contributed by atoms with van der Waals surface area (Å²) in [6.07, 6.45) is 1.63. The molecule has 0 amide bonds. The molecule has 0 aliphatic heterocycles. The van der Waals surface area contributed by atoms with Crippen molar-refractivity contribution in [3.63, 3.8) is 0 Å². The van der Waals surface area contributed by atoms with Gasteiger partial charge in [-0.25, -0.2) is 4.98 Å². The van der Waals surface area contributed by atoms with E-state index in [-0.39, 0.29) is 22.2 Å². The Balaban J connectivity index is 2.09. The Morgan fingerprint density at radius 1 is 1.38 bits per heavy atom. The molecule has 0 radical (unpaired) electrons. The zero-order valence-electron chi connectivity index (χ0n) is 12.5. The summed E-state index contributed by atoms with van der Waals surface area (Å²) in [5.41, 5.74) is 0.983. The smallest absolute Gasteiger partial charge is 0.259 e. The van der Waals surface area contributed by atoms with E-state index in [1.807, 2.05) is 0 Å². The number of methoxy groups -OCH3 is 1. The SMILES string of the molecule is COc1cc(/C=C(\Cl)c2nc3ccccc3c(=O)[nH]2)cc(Br)c1O. The number of nitrogens with one attached hydrogen (secondary N) is 1. The summed E-state index contributed by atoms with van der Waals surface area (Å²) in [7, 11) is 1.46. The Bertz CT molecular complexity index is 1010. The quantitative estimate of drug-likeness (QED) is 0.684. The molecule has 0 spiro atoms. The molecule has 24 heavy (non-hydrogen) atoms.